The maximum Gasteiger partial charge on any atom is 0.222 e. The first-order valence-corrected chi connectivity index (χ1v) is 6.08. The van der Waals surface area contributed by atoms with E-state index < -0.39 is 0 Å². The fraction of sp³-hybridized carbons (Fsp3) is 0.636. The maximum absolute atomic E-state index is 5.86. The molecule has 2 rings (SSSR count). The standard InChI is InChI=1S/C11H17ClN4/c12-11-14-6-5-10(16-11)7-15-9-3-1-8(13)2-4-9/h5-6,8-9,15H,1-4,7,13H2. The molecule has 1 aromatic heterocycles. The van der Waals surface area contributed by atoms with Gasteiger partial charge in [-0.3, -0.25) is 0 Å². The number of nitrogens with zero attached hydrogens (tertiary/aromatic N) is 2. The van der Waals surface area contributed by atoms with E-state index in [1.807, 2.05) is 6.07 Å². The monoisotopic (exact) mass is 240 g/mol. The van der Waals surface area contributed by atoms with Gasteiger partial charge in [0.05, 0.1) is 5.69 Å². The molecule has 88 valence electrons. The average molecular weight is 241 g/mol. The quantitative estimate of drug-likeness (QED) is 0.786. The van der Waals surface area contributed by atoms with E-state index in [1.165, 1.54) is 0 Å². The van der Waals surface area contributed by atoms with Crippen molar-refractivity contribution < 1.29 is 0 Å². The van der Waals surface area contributed by atoms with Crippen LogP contribution >= 0.6 is 11.6 Å². The number of rotatable bonds is 3. The Balaban J connectivity index is 1.79. The van der Waals surface area contributed by atoms with Crippen LogP contribution in [-0.2, 0) is 6.54 Å². The summed E-state index contributed by atoms with van der Waals surface area (Å²) in [5.74, 6) is 0. The number of halogens is 1. The number of nitrogens with one attached hydrogen (secondary N) is 1. The van der Waals surface area contributed by atoms with Crippen molar-refractivity contribution >= 4 is 11.6 Å². The average Bonchev–Trinajstić information content (AvgIpc) is 2.28. The van der Waals surface area contributed by atoms with E-state index in [1.54, 1.807) is 6.20 Å². The van der Waals surface area contributed by atoms with E-state index in [9.17, 15) is 0 Å². The molecule has 1 aromatic rings. The normalized spacial score (nSPS) is 25.6. The van der Waals surface area contributed by atoms with Crippen LogP contribution in [0.25, 0.3) is 0 Å². The summed E-state index contributed by atoms with van der Waals surface area (Å²) < 4.78 is 0. The van der Waals surface area contributed by atoms with Crippen molar-refractivity contribution in [1.29, 1.82) is 0 Å². The van der Waals surface area contributed by atoms with Gasteiger partial charge in [-0.05, 0) is 43.4 Å². The molecule has 1 saturated carbocycles. The molecule has 0 saturated heterocycles. The highest BCUT2D eigenvalue weighted by Crippen LogP contribution is 2.17. The molecule has 0 amide bonds. The van der Waals surface area contributed by atoms with Crippen LogP contribution in [-0.4, -0.2) is 22.1 Å². The van der Waals surface area contributed by atoms with Crippen molar-refractivity contribution in [1.82, 2.24) is 15.3 Å². The fourth-order valence-corrected chi connectivity index (χ4v) is 2.21. The minimum absolute atomic E-state index is 0.310. The Morgan fingerprint density at radius 1 is 1.38 bits per heavy atom. The predicted molar refractivity (Wildman–Crippen MR) is 64.1 cm³/mol. The molecule has 0 aromatic carbocycles. The van der Waals surface area contributed by atoms with E-state index in [4.69, 9.17) is 17.3 Å². The molecule has 1 aliphatic carbocycles. The molecule has 0 radical (unpaired) electrons. The lowest BCUT2D eigenvalue weighted by atomic mass is 9.92. The highest BCUT2D eigenvalue weighted by molar-refractivity contribution is 6.28. The second kappa shape index (κ2) is 5.57. The van der Waals surface area contributed by atoms with Crippen LogP contribution in [0.1, 0.15) is 31.4 Å². The second-order valence-corrected chi connectivity index (χ2v) is 4.65. The molecule has 0 atom stereocenters. The Labute approximate surface area is 101 Å². The summed E-state index contributed by atoms with van der Waals surface area (Å²) in [6, 6.07) is 2.84. The molecule has 0 aliphatic heterocycles. The van der Waals surface area contributed by atoms with Crippen molar-refractivity contribution in [2.75, 3.05) is 0 Å². The molecule has 16 heavy (non-hydrogen) atoms. The third-order valence-electron chi connectivity index (χ3n) is 3.03. The van der Waals surface area contributed by atoms with Crippen molar-refractivity contribution in [3.05, 3.63) is 23.2 Å². The highest BCUT2D eigenvalue weighted by Gasteiger charge is 2.17. The van der Waals surface area contributed by atoms with Crippen LogP contribution in [0, 0.1) is 0 Å². The van der Waals surface area contributed by atoms with Gasteiger partial charge in [-0.2, -0.15) is 0 Å². The van der Waals surface area contributed by atoms with Crippen LogP contribution in [0.3, 0.4) is 0 Å². The van der Waals surface area contributed by atoms with Crippen molar-refractivity contribution in [2.24, 2.45) is 5.73 Å². The molecule has 1 fully saturated rings. The van der Waals surface area contributed by atoms with Crippen molar-refractivity contribution in [3.8, 4) is 0 Å². The Morgan fingerprint density at radius 2 is 2.12 bits per heavy atom. The molecular formula is C11H17ClN4. The smallest absolute Gasteiger partial charge is 0.222 e. The lowest BCUT2D eigenvalue weighted by Crippen LogP contribution is -2.37. The van der Waals surface area contributed by atoms with Gasteiger partial charge in [0.2, 0.25) is 5.28 Å². The van der Waals surface area contributed by atoms with Crippen LogP contribution < -0.4 is 11.1 Å². The first-order chi connectivity index (χ1) is 7.74. The summed E-state index contributed by atoms with van der Waals surface area (Å²) in [5.41, 5.74) is 6.80. The molecule has 1 heterocycles. The molecule has 3 N–H and O–H groups in total. The Morgan fingerprint density at radius 3 is 2.81 bits per heavy atom. The van der Waals surface area contributed by atoms with Gasteiger partial charge in [0.25, 0.3) is 0 Å². The van der Waals surface area contributed by atoms with Gasteiger partial charge in [0.15, 0.2) is 0 Å². The first-order valence-electron chi connectivity index (χ1n) is 5.70. The number of hydrogen-bond donors (Lipinski definition) is 2. The van der Waals surface area contributed by atoms with E-state index in [-0.39, 0.29) is 0 Å². The third-order valence-corrected chi connectivity index (χ3v) is 3.21. The lowest BCUT2D eigenvalue weighted by Gasteiger charge is -2.26. The van der Waals surface area contributed by atoms with Crippen LogP contribution in [0.4, 0.5) is 0 Å². The van der Waals surface area contributed by atoms with E-state index in [0.29, 0.717) is 17.4 Å². The first kappa shape index (κ1) is 11.8. The highest BCUT2D eigenvalue weighted by atomic mass is 35.5. The van der Waals surface area contributed by atoms with Crippen molar-refractivity contribution in [2.45, 2.75) is 44.3 Å². The number of hydrogen-bond acceptors (Lipinski definition) is 4. The molecule has 0 bridgehead atoms. The molecule has 4 nitrogen and oxygen atoms in total. The Hall–Kier alpha value is -0.710. The number of aromatic nitrogens is 2. The molecule has 5 heteroatoms. The molecule has 1 aliphatic rings. The zero-order chi connectivity index (χ0) is 11.4. The van der Waals surface area contributed by atoms with E-state index >= 15 is 0 Å². The van der Waals surface area contributed by atoms with Crippen LogP contribution in [0.5, 0.6) is 0 Å². The van der Waals surface area contributed by atoms with E-state index in [2.05, 4.69) is 15.3 Å². The lowest BCUT2D eigenvalue weighted by molar-refractivity contribution is 0.340. The van der Waals surface area contributed by atoms with E-state index in [0.717, 1.165) is 37.9 Å². The van der Waals surface area contributed by atoms with Gasteiger partial charge in [0, 0.05) is 24.8 Å². The van der Waals surface area contributed by atoms with Crippen LogP contribution in [0.15, 0.2) is 12.3 Å². The minimum atomic E-state index is 0.310. The summed E-state index contributed by atoms with van der Waals surface area (Å²) in [4.78, 5) is 7.99. The zero-order valence-electron chi connectivity index (χ0n) is 9.19. The largest absolute Gasteiger partial charge is 0.328 e. The summed E-state index contributed by atoms with van der Waals surface area (Å²) in [6.45, 7) is 0.752. The topological polar surface area (TPSA) is 63.8 Å². The third kappa shape index (κ3) is 3.40. The van der Waals surface area contributed by atoms with Gasteiger partial charge < -0.3 is 11.1 Å². The SMILES string of the molecule is NC1CCC(NCc2ccnc(Cl)n2)CC1. The molecule has 0 unspecified atom stereocenters. The summed E-state index contributed by atoms with van der Waals surface area (Å²) in [5, 5.41) is 3.79. The van der Waals surface area contributed by atoms with Gasteiger partial charge in [-0.25, -0.2) is 9.97 Å². The summed E-state index contributed by atoms with van der Waals surface area (Å²) in [7, 11) is 0. The van der Waals surface area contributed by atoms with Gasteiger partial charge in [-0.1, -0.05) is 0 Å². The predicted octanol–water partition coefficient (Wildman–Crippen LogP) is 1.49. The Bertz CT molecular complexity index is 337. The van der Waals surface area contributed by atoms with Crippen molar-refractivity contribution in [3.63, 3.8) is 0 Å². The van der Waals surface area contributed by atoms with Gasteiger partial charge in [-0.15, -0.1) is 0 Å². The second-order valence-electron chi connectivity index (χ2n) is 4.31. The van der Waals surface area contributed by atoms with Gasteiger partial charge in [0.1, 0.15) is 0 Å². The Kier molecular flexibility index (Phi) is 4.09. The summed E-state index contributed by atoms with van der Waals surface area (Å²) >= 11 is 5.72. The molecular weight excluding hydrogens is 224 g/mol. The minimum Gasteiger partial charge on any atom is -0.328 e. The fourth-order valence-electron chi connectivity index (χ4n) is 2.04. The maximum atomic E-state index is 5.86. The van der Waals surface area contributed by atoms with Crippen LogP contribution in [0.2, 0.25) is 5.28 Å². The molecule has 0 spiro atoms. The summed E-state index contributed by atoms with van der Waals surface area (Å²) in [6.07, 6.45) is 6.22. The van der Waals surface area contributed by atoms with Gasteiger partial charge >= 0.3 is 0 Å². The zero-order valence-corrected chi connectivity index (χ0v) is 9.95. The number of nitrogens with two attached hydrogens (primary N) is 1.